The summed E-state index contributed by atoms with van der Waals surface area (Å²) in [4.78, 5) is 0. The molecule has 1 aromatic heterocycles. The second-order valence-electron chi connectivity index (χ2n) is 6.40. The fourth-order valence-corrected chi connectivity index (χ4v) is 3.29. The standard InChI is InChI=1S/C21H30ClNO3/c1-4-19-17(20(5-2)26-23-19)11-9-7-6-8-10-14-25-21-13-12-16(24-3)15-18(21)22/h12-13,15H,4-11,14H2,1-3H3. The third kappa shape index (κ3) is 5.94. The number of halogens is 1. The first-order valence-electron chi connectivity index (χ1n) is 9.62. The average molecular weight is 380 g/mol. The van der Waals surface area contributed by atoms with Gasteiger partial charge in [-0.05, 0) is 37.8 Å². The summed E-state index contributed by atoms with van der Waals surface area (Å²) >= 11 is 6.17. The van der Waals surface area contributed by atoms with Crippen LogP contribution in [-0.2, 0) is 19.3 Å². The number of benzene rings is 1. The maximum absolute atomic E-state index is 6.17. The minimum atomic E-state index is 0.594. The van der Waals surface area contributed by atoms with Crippen molar-refractivity contribution >= 4 is 11.6 Å². The van der Waals surface area contributed by atoms with Crippen molar-refractivity contribution in [2.45, 2.75) is 65.2 Å². The highest BCUT2D eigenvalue weighted by Gasteiger charge is 2.12. The second-order valence-corrected chi connectivity index (χ2v) is 6.81. The van der Waals surface area contributed by atoms with Crippen molar-refractivity contribution in [3.05, 3.63) is 40.2 Å². The number of ether oxygens (including phenoxy) is 2. The Balaban J connectivity index is 1.59. The molecule has 144 valence electrons. The maximum atomic E-state index is 6.17. The van der Waals surface area contributed by atoms with Crippen LogP contribution in [0, 0.1) is 0 Å². The lowest BCUT2D eigenvalue weighted by Gasteiger charge is -2.09. The van der Waals surface area contributed by atoms with Gasteiger partial charge in [-0.25, -0.2) is 0 Å². The zero-order chi connectivity index (χ0) is 18.8. The summed E-state index contributed by atoms with van der Waals surface area (Å²) in [6.07, 6.45) is 8.78. The number of methoxy groups -OCH3 is 1. The van der Waals surface area contributed by atoms with Gasteiger partial charge in [0.25, 0.3) is 0 Å². The van der Waals surface area contributed by atoms with Crippen LogP contribution in [0.4, 0.5) is 0 Å². The van der Waals surface area contributed by atoms with Crippen LogP contribution in [0.15, 0.2) is 22.7 Å². The van der Waals surface area contributed by atoms with Crippen molar-refractivity contribution in [1.82, 2.24) is 5.16 Å². The quantitative estimate of drug-likeness (QED) is 0.422. The monoisotopic (exact) mass is 379 g/mol. The first-order valence-corrected chi connectivity index (χ1v) is 10.00. The van der Waals surface area contributed by atoms with Crippen LogP contribution >= 0.6 is 11.6 Å². The zero-order valence-corrected chi connectivity index (χ0v) is 16.9. The molecule has 2 rings (SSSR count). The molecular formula is C21H30ClNO3. The SMILES string of the molecule is CCc1noc(CC)c1CCCCCCCOc1ccc(OC)cc1Cl. The van der Waals surface area contributed by atoms with Gasteiger partial charge in [-0.1, -0.05) is 49.9 Å². The van der Waals surface area contributed by atoms with Crippen LogP contribution in [0.2, 0.25) is 5.02 Å². The van der Waals surface area contributed by atoms with E-state index < -0.39 is 0 Å². The number of rotatable bonds is 12. The van der Waals surface area contributed by atoms with Gasteiger partial charge in [0.1, 0.15) is 17.3 Å². The molecule has 0 saturated carbocycles. The normalized spacial score (nSPS) is 10.9. The molecular weight excluding hydrogens is 350 g/mol. The molecule has 0 aliphatic carbocycles. The second kappa shape index (κ2) is 11.1. The number of nitrogens with zero attached hydrogens (tertiary/aromatic N) is 1. The molecule has 0 atom stereocenters. The summed E-state index contributed by atoms with van der Waals surface area (Å²) in [5.74, 6) is 2.53. The fraction of sp³-hybridized carbons (Fsp3) is 0.571. The maximum Gasteiger partial charge on any atom is 0.139 e. The molecule has 1 aromatic carbocycles. The van der Waals surface area contributed by atoms with Crippen LogP contribution in [0.1, 0.15) is 63.0 Å². The molecule has 0 spiro atoms. The lowest BCUT2D eigenvalue weighted by molar-refractivity contribution is 0.304. The largest absolute Gasteiger partial charge is 0.497 e. The summed E-state index contributed by atoms with van der Waals surface area (Å²) in [6.45, 7) is 4.95. The predicted octanol–water partition coefficient (Wildman–Crippen LogP) is 6.03. The van der Waals surface area contributed by atoms with E-state index in [0.29, 0.717) is 11.6 Å². The molecule has 0 N–H and O–H groups in total. The summed E-state index contributed by atoms with van der Waals surface area (Å²) < 4.78 is 16.3. The van der Waals surface area contributed by atoms with Gasteiger partial charge < -0.3 is 14.0 Å². The third-order valence-electron chi connectivity index (χ3n) is 4.57. The molecule has 0 fully saturated rings. The number of hydrogen-bond donors (Lipinski definition) is 0. The predicted molar refractivity (Wildman–Crippen MR) is 106 cm³/mol. The van der Waals surface area contributed by atoms with E-state index in [4.69, 9.17) is 25.6 Å². The fourth-order valence-electron chi connectivity index (χ4n) is 3.06. The molecule has 0 bridgehead atoms. The number of aryl methyl sites for hydroxylation is 2. The highest BCUT2D eigenvalue weighted by atomic mass is 35.5. The lowest BCUT2D eigenvalue weighted by Crippen LogP contribution is -1.98. The lowest BCUT2D eigenvalue weighted by atomic mass is 10.0. The van der Waals surface area contributed by atoms with Gasteiger partial charge in [0.05, 0.1) is 24.4 Å². The Morgan fingerprint density at radius 1 is 1.04 bits per heavy atom. The summed E-state index contributed by atoms with van der Waals surface area (Å²) in [5, 5.41) is 4.78. The van der Waals surface area contributed by atoms with E-state index >= 15 is 0 Å². The van der Waals surface area contributed by atoms with E-state index in [1.54, 1.807) is 13.2 Å². The van der Waals surface area contributed by atoms with Crippen LogP contribution in [-0.4, -0.2) is 18.9 Å². The van der Waals surface area contributed by atoms with Crippen molar-refractivity contribution in [3.63, 3.8) is 0 Å². The zero-order valence-electron chi connectivity index (χ0n) is 16.1. The van der Waals surface area contributed by atoms with Crippen molar-refractivity contribution in [1.29, 1.82) is 0 Å². The molecule has 0 aliphatic rings. The van der Waals surface area contributed by atoms with E-state index in [1.807, 2.05) is 12.1 Å². The van der Waals surface area contributed by atoms with Gasteiger partial charge in [-0.15, -0.1) is 0 Å². The summed E-state index contributed by atoms with van der Waals surface area (Å²) in [5.41, 5.74) is 2.47. The molecule has 2 aromatic rings. The Kier molecular flexibility index (Phi) is 8.82. The number of hydrogen-bond acceptors (Lipinski definition) is 4. The van der Waals surface area contributed by atoms with Crippen LogP contribution in [0.5, 0.6) is 11.5 Å². The first kappa shape index (κ1) is 20.6. The number of aromatic nitrogens is 1. The topological polar surface area (TPSA) is 44.5 Å². The highest BCUT2D eigenvalue weighted by molar-refractivity contribution is 6.32. The Morgan fingerprint density at radius 3 is 2.50 bits per heavy atom. The van der Waals surface area contributed by atoms with E-state index in [2.05, 4.69) is 19.0 Å². The van der Waals surface area contributed by atoms with E-state index in [1.165, 1.54) is 31.2 Å². The molecule has 4 nitrogen and oxygen atoms in total. The molecule has 1 heterocycles. The van der Waals surface area contributed by atoms with Gasteiger partial charge in [0.15, 0.2) is 0 Å². The smallest absolute Gasteiger partial charge is 0.139 e. The van der Waals surface area contributed by atoms with Gasteiger partial charge in [0, 0.05) is 18.1 Å². The minimum Gasteiger partial charge on any atom is -0.497 e. The molecule has 0 unspecified atom stereocenters. The van der Waals surface area contributed by atoms with Crippen molar-refractivity contribution in [2.75, 3.05) is 13.7 Å². The van der Waals surface area contributed by atoms with Gasteiger partial charge in [-0.3, -0.25) is 0 Å². The molecule has 0 aliphatic heterocycles. The molecule has 0 radical (unpaired) electrons. The van der Waals surface area contributed by atoms with Gasteiger partial charge in [0.2, 0.25) is 0 Å². The van der Waals surface area contributed by atoms with Gasteiger partial charge >= 0.3 is 0 Å². The Labute approximate surface area is 161 Å². The number of unbranched alkanes of at least 4 members (excludes halogenated alkanes) is 4. The van der Waals surface area contributed by atoms with Crippen LogP contribution < -0.4 is 9.47 Å². The van der Waals surface area contributed by atoms with E-state index in [-0.39, 0.29) is 0 Å². The van der Waals surface area contributed by atoms with Gasteiger partial charge in [-0.2, -0.15) is 0 Å². The van der Waals surface area contributed by atoms with E-state index in [9.17, 15) is 0 Å². The Hall–Kier alpha value is -1.68. The molecule has 0 amide bonds. The molecule has 5 heteroatoms. The van der Waals surface area contributed by atoms with Crippen LogP contribution in [0.3, 0.4) is 0 Å². The highest BCUT2D eigenvalue weighted by Crippen LogP contribution is 2.28. The van der Waals surface area contributed by atoms with Crippen molar-refractivity contribution in [2.24, 2.45) is 0 Å². The minimum absolute atomic E-state index is 0.594. The van der Waals surface area contributed by atoms with Crippen molar-refractivity contribution in [3.8, 4) is 11.5 Å². The molecule has 26 heavy (non-hydrogen) atoms. The third-order valence-corrected chi connectivity index (χ3v) is 4.87. The summed E-state index contributed by atoms with van der Waals surface area (Å²) in [6, 6.07) is 5.49. The molecule has 0 saturated heterocycles. The Bertz CT molecular complexity index is 648. The Morgan fingerprint density at radius 2 is 1.81 bits per heavy atom. The summed E-state index contributed by atoms with van der Waals surface area (Å²) in [7, 11) is 1.63. The average Bonchev–Trinajstić information content (AvgIpc) is 3.06. The first-order chi connectivity index (χ1) is 12.7. The van der Waals surface area contributed by atoms with Crippen molar-refractivity contribution < 1.29 is 14.0 Å². The van der Waals surface area contributed by atoms with E-state index in [0.717, 1.165) is 48.6 Å². The van der Waals surface area contributed by atoms with Crippen LogP contribution in [0.25, 0.3) is 0 Å².